The zero-order valence-corrected chi connectivity index (χ0v) is 11.2. The predicted molar refractivity (Wildman–Crippen MR) is 63.0 cm³/mol. The summed E-state index contributed by atoms with van der Waals surface area (Å²) in [5, 5.41) is 13.9. The number of carbonyl (C=O) groups is 1. The lowest BCUT2D eigenvalue weighted by atomic mass is 10.4. The van der Waals surface area contributed by atoms with Crippen LogP contribution >= 0.6 is 0 Å². The van der Waals surface area contributed by atoms with Gasteiger partial charge in [-0.05, 0) is 0 Å². The fourth-order valence-electron chi connectivity index (χ4n) is 1.69. The van der Waals surface area contributed by atoms with E-state index in [0.717, 1.165) is 10.5 Å². The Kier molecular flexibility index (Phi) is 3.36. The summed E-state index contributed by atoms with van der Waals surface area (Å²) in [6.07, 6.45) is 0.899. The van der Waals surface area contributed by atoms with Crippen molar-refractivity contribution in [3.05, 3.63) is 11.8 Å². The molecule has 0 unspecified atom stereocenters. The number of aromatic carboxylic acids is 1. The molecule has 11 heteroatoms. The van der Waals surface area contributed by atoms with E-state index >= 15 is 0 Å². The third kappa shape index (κ3) is 2.62. The lowest BCUT2D eigenvalue weighted by Gasteiger charge is -2.25. The molecule has 1 aromatic rings. The van der Waals surface area contributed by atoms with Gasteiger partial charge in [0.25, 0.3) is 10.0 Å². The topological polar surface area (TPSA) is 137 Å². The number of nitrogens with zero attached hydrogens (tertiary/aromatic N) is 2. The highest BCUT2D eigenvalue weighted by Gasteiger charge is 2.34. The molecule has 19 heavy (non-hydrogen) atoms. The Morgan fingerprint density at radius 1 is 1.37 bits per heavy atom. The maximum atomic E-state index is 12.2. The number of aromatic amines is 1. The third-order valence-corrected chi connectivity index (χ3v) is 6.22. The molecule has 1 fully saturated rings. The average Bonchev–Trinajstić information content (AvgIpc) is 2.77. The normalized spacial score (nSPS) is 20.2. The highest BCUT2D eigenvalue weighted by atomic mass is 32.2. The minimum atomic E-state index is -4.07. The first-order chi connectivity index (χ1) is 8.74. The fourth-order valence-corrected chi connectivity index (χ4v) is 4.63. The number of rotatable bonds is 3. The van der Waals surface area contributed by atoms with Gasteiger partial charge < -0.3 is 5.11 Å². The molecular formula is C8H11N3O6S2. The minimum absolute atomic E-state index is 0.192. The molecule has 1 aromatic heterocycles. The number of sulfonamides is 1. The number of carboxylic acids is 1. The first-order valence-corrected chi connectivity index (χ1v) is 8.47. The molecule has 0 bridgehead atoms. The molecule has 0 radical (unpaired) electrons. The van der Waals surface area contributed by atoms with E-state index in [1.807, 2.05) is 0 Å². The second-order valence-electron chi connectivity index (χ2n) is 3.97. The molecule has 1 aliphatic heterocycles. The standard InChI is InChI=1S/C8H11N3O6S2/c12-8(13)6-5-9-10-7(6)19(16,17)11-1-3-18(14,15)4-2-11/h5H,1-4H2,(H,9,10)(H,12,13). The summed E-state index contributed by atoms with van der Waals surface area (Å²) in [5.74, 6) is -1.97. The molecule has 2 rings (SSSR count). The number of nitrogens with one attached hydrogen (secondary N) is 1. The Morgan fingerprint density at radius 3 is 2.47 bits per heavy atom. The second kappa shape index (κ2) is 4.58. The maximum Gasteiger partial charge on any atom is 0.340 e. The smallest absolute Gasteiger partial charge is 0.340 e. The van der Waals surface area contributed by atoms with Crippen LogP contribution in [-0.2, 0) is 19.9 Å². The molecule has 1 aliphatic rings. The van der Waals surface area contributed by atoms with Crippen LogP contribution in [0.3, 0.4) is 0 Å². The molecule has 106 valence electrons. The first kappa shape index (κ1) is 14.0. The van der Waals surface area contributed by atoms with Crippen molar-refractivity contribution < 1.29 is 26.7 Å². The van der Waals surface area contributed by atoms with Gasteiger partial charge in [0.05, 0.1) is 17.7 Å². The van der Waals surface area contributed by atoms with Crippen LogP contribution in [-0.4, -0.2) is 67.0 Å². The molecule has 0 aromatic carbocycles. The molecule has 2 heterocycles. The summed E-state index contributed by atoms with van der Waals surface area (Å²) in [7, 11) is -7.29. The predicted octanol–water partition coefficient (Wildman–Crippen LogP) is -1.47. The van der Waals surface area contributed by atoms with Gasteiger partial charge in [-0.1, -0.05) is 0 Å². The molecule has 0 atom stereocenters. The van der Waals surface area contributed by atoms with Crippen LogP contribution in [0.2, 0.25) is 0 Å². The fraction of sp³-hybridized carbons (Fsp3) is 0.500. The van der Waals surface area contributed by atoms with E-state index < -0.39 is 36.4 Å². The van der Waals surface area contributed by atoms with Gasteiger partial charge in [-0.25, -0.2) is 21.6 Å². The van der Waals surface area contributed by atoms with Crippen molar-refractivity contribution in [3.8, 4) is 0 Å². The summed E-state index contributed by atoms with van der Waals surface area (Å²) >= 11 is 0. The van der Waals surface area contributed by atoms with Gasteiger partial charge in [-0.15, -0.1) is 0 Å². The number of hydrogen-bond donors (Lipinski definition) is 2. The van der Waals surface area contributed by atoms with Crippen molar-refractivity contribution in [1.82, 2.24) is 14.5 Å². The second-order valence-corrected chi connectivity index (χ2v) is 8.15. The zero-order valence-electron chi connectivity index (χ0n) is 9.61. The van der Waals surface area contributed by atoms with Gasteiger partial charge in [0.1, 0.15) is 5.56 Å². The van der Waals surface area contributed by atoms with Crippen LogP contribution in [0.4, 0.5) is 0 Å². The van der Waals surface area contributed by atoms with Gasteiger partial charge in [-0.3, -0.25) is 5.10 Å². The van der Waals surface area contributed by atoms with Crippen molar-refractivity contribution in [2.75, 3.05) is 24.6 Å². The van der Waals surface area contributed by atoms with Crippen molar-refractivity contribution >= 4 is 25.8 Å². The van der Waals surface area contributed by atoms with Gasteiger partial charge in [0.15, 0.2) is 14.9 Å². The largest absolute Gasteiger partial charge is 0.478 e. The maximum absolute atomic E-state index is 12.2. The van der Waals surface area contributed by atoms with E-state index in [0.29, 0.717) is 0 Å². The molecule has 0 saturated carbocycles. The molecule has 0 aliphatic carbocycles. The van der Waals surface area contributed by atoms with Crippen LogP contribution in [0.25, 0.3) is 0 Å². The minimum Gasteiger partial charge on any atom is -0.478 e. The molecule has 0 amide bonds. The Labute approximate surface area is 109 Å². The summed E-state index contributed by atoms with van der Waals surface area (Å²) in [4.78, 5) is 10.9. The van der Waals surface area contributed by atoms with Crippen molar-refractivity contribution in [1.29, 1.82) is 0 Å². The summed E-state index contributed by atoms with van der Waals surface area (Å²) in [6, 6.07) is 0. The Bertz CT molecular complexity index is 691. The molecule has 9 nitrogen and oxygen atoms in total. The SMILES string of the molecule is O=C(O)c1cn[nH]c1S(=O)(=O)N1CCS(=O)(=O)CC1. The third-order valence-electron chi connectivity index (χ3n) is 2.74. The number of carboxylic acid groups (broad SMARTS) is 1. The molecule has 1 saturated heterocycles. The van der Waals surface area contributed by atoms with Crippen LogP contribution in [0.15, 0.2) is 11.2 Å². The lowest BCUT2D eigenvalue weighted by Crippen LogP contribution is -2.44. The van der Waals surface area contributed by atoms with Crippen molar-refractivity contribution in [3.63, 3.8) is 0 Å². The average molecular weight is 309 g/mol. The molecule has 2 N–H and O–H groups in total. The van der Waals surface area contributed by atoms with Crippen molar-refractivity contribution in [2.45, 2.75) is 5.03 Å². The first-order valence-electron chi connectivity index (χ1n) is 5.21. The van der Waals surface area contributed by atoms with Crippen LogP contribution < -0.4 is 0 Å². The van der Waals surface area contributed by atoms with Gasteiger partial charge in [0, 0.05) is 13.1 Å². The number of hydrogen-bond acceptors (Lipinski definition) is 6. The van der Waals surface area contributed by atoms with Gasteiger partial charge in [0.2, 0.25) is 0 Å². The highest BCUT2D eigenvalue weighted by molar-refractivity contribution is 7.92. The van der Waals surface area contributed by atoms with E-state index in [2.05, 4.69) is 10.2 Å². The Morgan fingerprint density at radius 2 is 1.95 bits per heavy atom. The summed E-state index contributed by atoms with van der Waals surface area (Å²) in [5.41, 5.74) is -0.464. The van der Waals surface area contributed by atoms with E-state index in [-0.39, 0.29) is 24.6 Å². The van der Waals surface area contributed by atoms with E-state index in [4.69, 9.17) is 5.11 Å². The van der Waals surface area contributed by atoms with Crippen LogP contribution in [0.1, 0.15) is 10.4 Å². The zero-order chi connectivity index (χ0) is 14.3. The van der Waals surface area contributed by atoms with E-state index in [1.54, 1.807) is 0 Å². The highest BCUT2D eigenvalue weighted by Crippen LogP contribution is 2.19. The Hall–Kier alpha value is -1.46. The molecular weight excluding hydrogens is 298 g/mol. The number of H-pyrrole nitrogens is 1. The number of aromatic nitrogens is 2. The number of sulfone groups is 1. The van der Waals surface area contributed by atoms with Crippen molar-refractivity contribution in [2.24, 2.45) is 0 Å². The van der Waals surface area contributed by atoms with Gasteiger partial charge in [-0.2, -0.15) is 9.40 Å². The summed E-state index contributed by atoms with van der Waals surface area (Å²) < 4.78 is 47.8. The Balaban J connectivity index is 2.34. The van der Waals surface area contributed by atoms with E-state index in [9.17, 15) is 21.6 Å². The van der Waals surface area contributed by atoms with Crippen LogP contribution in [0, 0.1) is 0 Å². The van der Waals surface area contributed by atoms with Gasteiger partial charge >= 0.3 is 5.97 Å². The lowest BCUT2D eigenvalue weighted by molar-refractivity contribution is 0.0692. The monoisotopic (exact) mass is 309 g/mol. The van der Waals surface area contributed by atoms with Crippen LogP contribution in [0.5, 0.6) is 0 Å². The quantitative estimate of drug-likeness (QED) is 0.695. The molecule has 0 spiro atoms. The summed E-state index contributed by atoms with van der Waals surface area (Å²) in [6.45, 7) is -0.383. The van der Waals surface area contributed by atoms with E-state index in [1.165, 1.54) is 0 Å².